The third kappa shape index (κ3) is 12.2. The molecule has 0 aliphatic carbocycles. The van der Waals surface area contributed by atoms with Gasteiger partial charge in [0.2, 0.25) is 0 Å². The van der Waals surface area contributed by atoms with Crippen molar-refractivity contribution in [2.75, 3.05) is 6.61 Å². The smallest absolute Gasteiger partial charge is 0.306 e. The van der Waals surface area contributed by atoms with E-state index in [2.05, 4.69) is 0 Å². The molecule has 2 aromatic carbocycles. The number of esters is 1. The van der Waals surface area contributed by atoms with Crippen molar-refractivity contribution in [2.45, 2.75) is 32.6 Å². The molecule has 0 unspecified atom stereocenters. The number of carbonyl (C=O) groups excluding carboxylic acids is 1. The van der Waals surface area contributed by atoms with Crippen LogP contribution in [-0.2, 0) is 27.2 Å². The summed E-state index contributed by atoms with van der Waals surface area (Å²) in [4.78, 5) is 21.2. The molecule has 1 N–H and O–H groups in total. The van der Waals surface area contributed by atoms with Crippen LogP contribution in [0.25, 0.3) is 0 Å². The van der Waals surface area contributed by atoms with Gasteiger partial charge in [0, 0.05) is 12.8 Å². The second kappa shape index (κ2) is 14.5. The van der Waals surface area contributed by atoms with E-state index in [1.54, 1.807) is 0 Å². The van der Waals surface area contributed by atoms with E-state index in [9.17, 15) is 9.59 Å². The van der Waals surface area contributed by atoms with E-state index in [4.69, 9.17) is 9.84 Å². The number of hydrogen-bond donors (Lipinski definition) is 1. The molecule has 0 atom stereocenters. The highest BCUT2D eigenvalue weighted by Gasteiger charge is 2.01. The van der Waals surface area contributed by atoms with E-state index < -0.39 is 5.97 Å². The van der Waals surface area contributed by atoms with Crippen molar-refractivity contribution in [2.24, 2.45) is 0 Å². The fourth-order valence-electron chi connectivity index (χ4n) is 2.02. The second-order valence-corrected chi connectivity index (χ2v) is 5.17. The maximum Gasteiger partial charge on any atom is 0.306 e. The number of ether oxygens (including phenoxy) is 1. The number of carbonyl (C=O) groups is 2. The number of aryl methyl sites for hydroxylation is 2. The average molecular weight is 456 g/mol. The van der Waals surface area contributed by atoms with Gasteiger partial charge in [-0.3, -0.25) is 9.59 Å². The van der Waals surface area contributed by atoms with E-state index in [-0.39, 0.29) is 36.4 Å². The minimum Gasteiger partial charge on any atom is -0.481 e. The number of carboxylic acid groups (broad SMARTS) is 1. The average Bonchev–Trinajstić information content (AvgIpc) is 2.61. The summed E-state index contributed by atoms with van der Waals surface area (Å²) in [5.74, 6) is -0.861. The highest BCUT2D eigenvalue weighted by atomic mass is 127. The third-order valence-corrected chi connectivity index (χ3v) is 3.24. The molecule has 0 aliphatic heterocycles. The lowest BCUT2D eigenvalue weighted by atomic mass is 10.1. The molecule has 0 saturated carbocycles. The van der Waals surface area contributed by atoms with Crippen molar-refractivity contribution in [1.82, 2.24) is 0 Å². The van der Waals surface area contributed by atoms with Gasteiger partial charge in [-0.15, -0.1) is 24.0 Å². The lowest BCUT2D eigenvalue weighted by Gasteiger charge is -2.01. The lowest BCUT2D eigenvalue weighted by molar-refractivity contribution is -0.143. The van der Waals surface area contributed by atoms with Crippen molar-refractivity contribution < 1.29 is 19.4 Å². The predicted octanol–water partition coefficient (Wildman–Crippen LogP) is 4.50. The van der Waals surface area contributed by atoms with Gasteiger partial charge in [-0.2, -0.15) is 0 Å². The van der Waals surface area contributed by atoms with Crippen LogP contribution >= 0.6 is 24.0 Å². The van der Waals surface area contributed by atoms with Crippen LogP contribution in [0.4, 0.5) is 0 Å². The summed E-state index contributed by atoms with van der Waals surface area (Å²) in [6, 6.07) is 19.6. The molecular formula is C20H25IO4. The number of rotatable bonds is 7. The van der Waals surface area contributed by atoms with Gasteiger partial charge in [0.15, 0.2) is 0 Å². The van der Waals surface area contributed by atoms with Crippen LogP contribution < -0.4 is 0 Å². The van der Waals surface area contributed by atoms with Gasteiger partial charge in [0.1, 0.15) is 0 Å². The molecule has 2 aromatic rings. The predicted molar refractivity (Wildman–Crippen MR) is 109 cm³/mol. The Morgan fingerprint density at radius 1 is 0.840 bits per heavy atom. The van der Waals surface area contributed by atoms with Crippen LogP contribution in [0.15, 0.2) is 60.7 Å². The van der Waals surface area contributed by atoms with E-state index in [1.807, 2.05) is 67.6 Å². The molecule has 136 valence electrons. The van der Waals surface area contributed by atoms with Crippen LogP contribution in [0.2, 0.25) is 0 Å². The van der Waals surface area contributed by atoms with Gasteiger partial charge in [-0.1, -0.05) is 60.7 Å². The van der Waals surface area contributed by atoms with Gasteiger partial charge in [-0.25, -0.2) is 0 Å². The number of benzene rings is 2. The fourth-order valence-corrected chi connectivity index (χ4v) is 2.02. The van der Waals surface area contributed by atoms with Crippen LogP contribution in [0.3, 0.4) is 0 Å². The van der Waals surface area contributed by atoms with Gasteiger partial charge >= 0.3 is 11.9 Å². The van der Waals surface area contributed by atoms with Crippen molar-refractivity contribution in [3.8, 4) is 0 Å². The molecule has 2 rings (SSSR count). The number of aliphatic carboxylic acids is 1. The first-order valence-corrected chi connectivity index (χ1v) is 8.07. The Hall–Kier alpha value is -1.89. The summed E-state index contributed by atoms with van der Waals surface area (Å²) in [7, 11) is 0. The van der Waals surface area contributed by atoms with Crippen molar-refractivity contribution in [3.05, 3.63) is 71.8 Å². The lowest BCUT2D eigenvalue weighted by Crippen LogP contribution is -2.04. The summed E-state index contributed by atoms with van der Waals surface area (Å²) in [6.07, 6.45) is 2.07. The molecular weight excluding hydrogens is 431 g/mol. The van der Waals surface area contributed by atoms with E-state index in [0.29, 0.717) is 19.4 Å². The second-order valence-electron chi connectivity index (χ2n) is 5.17. The molecule has 0 heterocycles. The van der Waals surface area contributed by atoms with Gasteiger partial charge in [0.05, 0.1) is 6.61 Å². The van der Waals surface area contributed by atoms with Crippen molar-refractivity contribution >= 4 is 35.9 Å². The van der Waals surface area contributed by atoms with Crippen molar-refractivity contribution in [3.63, 3.8) is 0 Å². The monoisotopic (exact) mass is 456 g/mol. The number of hydrogen-bond acceptors (Lipinski definition) is 3. The highest BCUT2D eigenvalue weighted by Crippen LogP contribution is 2.03. The summed E-state index contributed by atoms with van der Waals surface area (Å²) >= 11 is 0. The molecule has 0 amide bonds. The van der Waals surface area contributed by atoms with Gasteiger partial charge < -0.3 is 9.84 Å². The molecule has 5 heteroatoms. The van der Waals surface area contributed by atoms with Crippen LogP contribution in [0, 0.1) is 0 Å². The Bertz CT molecular complexity index is 600. The zero-order valence-corrected chi connectivity index (χ0v) is 16.7. The SMILES string of the molecule is CCOC(=O)CCc1ccccc1.I.O=C(O)CCc1ccccc1. The molecule has 0 aromatic heterocycles. The highest BCUT2D eigenvalue weighted by molar-refractivity contribution is 14.0. The molecule has 0 saturated heterocycles. The first-order valence-electron chi connectivity index (χ1n) is 8.07. The number of halogens is 1. The molecule has 25 heavy (non-hydrogen) atoms. The molecule has 0 spiro atoms. The van der Waals surface area contributed by atoms with E-state index in [0.717, 1.165) is 12.0 Å². The van der Waals surface area contributed by atoms with Crippen LogP contribution in [-0.4, -0.2) is 23.7 Å². The first-order chi connectivity index (χ1) is 11.6. The Balaban J connectivity index is 0.000000449. The maximum absolute atomic E-state index is 11.0. The molecule has 0 fully saturated rings. The van der Waals surface area contributed by atoms with Crippen LogP contribution in [0.5, 0.6) is 0 Å². The minimum atomic E-state index is -0.742. The summed E-state index contributed by atoms with van der Waals surface area (Å²) in [5, 5.41) is 8.37. The summed E-state index contributed by atoms with van der Waals surface area (Å²) < 4.78 is 4.82. The normalized spacial score (nSPS) is 9.16. The topological polar surface area (TPSA) is 63.6 Å². The van der Waals surface area contributed by atoms with Crippen LogP contribution in [0.1, 0.15) is 30.9 Å². The van der Waals surface area contributed by atoms with Gasteiger partial charge in [-0.05, 0) is 30.9 Å². The van der Waals surface area contributed by atoms with Gasteiger partial charge in [0.25, 0.3) is 0 Å². The maximum atomic E-state index is 11.0. The molecule has 0 aliphatic rings. The third-order valence-electron chi connectivity index (χ3n) is 3.24. The summed E-state index contributed by atoms with van der Waals surface area (Å²) in [5.41, 5.74) is 2.26. The Kier molecular flexibility index (Phi) is 13.4. The molecule has 0 radical (unpaired) electrons. The summed E-state index contributed by atoms with van der Waals surface area (Å²) in [6.45, 7) is 2.29. The molecule has 0 bridgehead atoms. The fraction of sp³-hybridized carbons (Fsp3) is 0.300. The Morgan fingerprint density at radius 2 is 1.28 bits per heavy atom. The van der Waals surface area contributed by atoms with E-state index >= 15 is 0 Å². The zero-order valence-electron chi connectivity index (χ0n) is 14.4. The first kappa shape index (κ1) is 23.1. The standard InChI is InChI=1S/C11H14O2.C9H10O2.HI/c1-2-13-11(12)9-8-10-6-4-3-5-7-10;10-9(11)7-6-8-4-2-1-3-5-8;/h3-7H,2,8-9H2,1H3;1-5H,6-7H2,(H,10,11);1H. The molecule has 4 nitrogen and oxygen atoms in total. The zero-order chi connectivity index (χ0) is 17.6. The van der Waals surface area contributed by atoms with E-state index in [1.165, 1.54) is 5.56 Å². The number of carboxylic acids is 1. The largest absolute Gasteiger partial charge is 0.481 e. The Labute approximate surface area is 166 Å². The quantitative estimate of drug-likeness (QED) is 0.492. The van der Waals surface area contributed by atoms with Crippen molar-refractivity contribution in [1.29, 1.82) is 0 Å². The minimum absolute atomic E-state index is 0. The Morgan fingerprint density at radius 3 is 1.68 bits per heavy atom.